The second-order valence-electron chi connectivity index (χ2n) is 5.73. The van der Waals surface area contributed by atoms with Crippen LogP contribution in [-0.4, -0.2) is 23.2 Å². The lowest BCUT2D eigenvalue weighted by Gasteiger charge is -2.20. The molecule has 0 amide bonds. The molecule has 4 heteroatoms. The molecule has 1 heterocycles. The SMILES string of the molecule is CNC(C)CCc1nc(C(C)(C)c2ccccc2)no1. The van der Waals surface area contributed by atoms with E-state index in [1.165, 1.54) is 5.56 Å². The fraction of sp³-hybridized carbons (Fsp3) is 0.500. The molecule has 1 N–H and O–H groups in total. The Balaban J connectivity index is 2.12. The molecule has 1 atom stereocenters. The Hall–Kier alpha value is -1.68. The van der Waals surface area contributed by atoms with Gasteiger partial charge in [-0.3, -0.25) is 0 Å². The third kappa shape index (κ3) is 3.25. The summed E-state index contributed by atoms with van der Waals surface area (Å²) in [6.07, 6.45) is 1.80. The molecule has 0 aliphatic heterocycles. The van der Waals surface area contributed by atoms with Gasteiger partial charge in [-0.15, -0.1) is 0 Å². The van der Waals surface area contributed by atoms with Crippen LogP contribution in [0.2, 0.25) is 0 Å². The quantitative estimate of drug-likeness (QED) is 0.879. The van der Waals surface area contributed by atoms with E-state index in [0.29, 0.717) is 11.9 Å². The minimum Gasteiger partial charge on any atom is -0.339 e. The minimum atomic E-state index is -0.238. The van der Waals surface area contributed by atoms with E-state index in [1.807, 2.05) is 25.2 Å². The highest BCUT2D eigenvalue weighted by atomic mass is 16.5. The Morgan fingerprint density at radius 3 is 2.60 bits per heavy atom. The number of rotatable bonds is 6. The van der Waals surface area contributed by atoms with Gasteiger partial charge in [0.2, 0.25) is 5.89 Å². The smallest absolute Gasteiger partial charge is 0.226 e. The normalized spacial score (nSPS) is 13.4. The fourth-order valence-corrected chi connectivity index (χ4v) is 2.08. The van der Waals surface area contributed by atoms with Gasteiger partial charge in [-0.25, -0.2) is 0 Å². The van der Waals surface area contributed by atoms with Crippen molar-refractivity contribution in [3.8, 4) is 0 Å². The van der Waals surface area contributed by atoms with Crippen molar-refractivity contribution in [3.63, 3.8) is 0 Å². The molecule has 1 aromatic heterocycles. The molecule has 2 aromatic rings. The highest BCUT2D eigenvalue weighted by Gasteiger charge is 2.28. The first-order chi connectivity index (χ1) is 9.54. The first-order valence-corrected chi connectivity index (χ1v) is 7.10. The van der Waals surface area contributed by atoms with Crippen LogP contribution in [0, 0.1) is 0 Å². The Labute approximate surface area is 120 Å². The summed E-state index contributed by atoms with van der Waals surface area (Å²) in [4.78, 5) is 4.56. The monoisotopic (exact) mass is 273 g/mol. The zero-order valence-electron chi connectivity index (χ0n) is 12.7. The van der Waals surface area contributed by atoms with Crippen molar-refractivity contribution in [2.24, 2.45) is 0 Å². The molecule has 20 heavy (non-hydrogen) atoms. The topological polar surface area (TPSA) is 51.0 Å². The Morgan fingerprint density at radius 2 is 1.95 bits per heavy atom. The van der Waals surface area contributed by atoms with Gasteiger partial charge < -0.3 is 9.84 Å². The molecule has 0 saturated heterocycles. The number of hydrogen-bond donors (Lipinski definition) is 1. The number of hydrogen-bond acceptors (Lipinski definition) is 4. The summed E-state index contributed by atoms with van der Waals surface area (Å²) in [5, 5.41) is 7.37. The maximum absolute atomic E-state index is 5.38. The van der Waals surface area contributed by atoms with Gasteiger partial charge >= 0.3 is 0 Å². The number of nitrogens with zero attached hydrogens (tertiary/aromatic N) is 2. The van der Waals surface area contributed by atoms with Crippen molar-refractivity contribution < 1.29 is 4.52 Å². The van der Waals surface area contributed by atoms with E-state index in [-0.39, 0.29) is 5.41 Å². The van der Waals surface area contributed by atoms with Gasteiger partial charge in [0, 0.05) is 12.5 Å². The van der Waals surface area contributed by atoms with E-state index in [4.69, 9.17) is 4.52 Å². The van der Waals surface area contributed by atoms with Crippen molar-refractivity contribution in [1.29, 1.82) is 0 Å². The van der Waals surface area contributed by atoms with E-state index >= 15 is 0 Å². The number of nitrogens with one attached hydrogen (secondary N) is 1. The molecule has 0 aliphatic rings. The largest absolute Gasteiger partial charge is 0.339 e. The second kappa shape index (κ2) is 6.18. The molecular weight excluding hydrogens is 250 g/mol. The van der Waals surface area contributed by atoms with Gasteiger partial charge in [-0.2, -0.15) is 4.98 Å². The van der Waals surface area contributed by atoms with Crippen LogP contribution >= 0.6 is 0 Å². The van der Waals surface area contributed by atoms with Crippen molar-refractivity contribution in [2.75, 3.05) is 7.05 Å². The van der Waals surface area contributed by atoms with Crippen molar-refractivity contribution in [2.45, 2.75) is 45.1 Å². The molecule has 1 unspecified atom stereocenters. The van der Waals surface area contributed by atoms with Crippen molar-refractivity contribution in [3.05, 3.63) is 47.6 Å². The van der Waals surface area contributed by atoms with Gasteiger partial charge in [0.05, 0.1) is 5.41 Å². The summed E-state index contributed by atoms with van der Waals surface area (Å²) in [6, 6.07) is 10.7. The van der Waals surface area contributed by atoms with Crippen LogP contribution in [-0.2, 0) is 11.8 Å². The highest BCUT2D eigenvalue weighted by Crippen LogP contribution is 2.29. The van der Waals surface area contributed by atoms with Gasteiger partial charge in [-0.05, 0) is 39.8 Å². The highest BCUT2D eigenvalue weighted by molar-refractivity contribution is 5.30. The standard InChI is InChI=1S/C16H23N3O/c1-12(17-4)10-11-14-18-15(19-20-14)16(2,3)13-8-6-5-7-9-13/h5-9,12,17H,10-11H2,1-4H3. The molecule has 0 fully saturated rings. The molecule has 0 bridgehead atoms. The molecule has 0 radical (unpaired) electrons. The summed E-state index contributed by atoms with van der Waals surface area (Å²) < 4.78 is 5.38. The summed E-state index contributed by atoms with van der Waals surface area (Å²) in [7, 11) is 1.96. The maximum Gasteiger partial charge on any atom is 0.226 e. The Bertz CT molecular complexity index is 534. The molecule has 4 nitrogen and oxygen atoms in total. The van der Waals surface area contributed by atoms with E-state index < -0.39 is 0 Å². The summed E-state index contributed by atoms with van der Waals surface area (Å²) in [5.74, 6) is 1.46. The van der Waals surface area contributed by atoms with Crippen LogP contribution in [0.4, 0.5) is 0 Å². The summed E-state index contributed by atoms with van der Waals surface area (Å²) in [5.41, 5.74) is 0.952. The lowest BCUT2D eigenvalue weighted by Crippen LogP contribution is -2.22. The molecule has 1 aromatic carbocycles. The van der Waals surface area contributed by atoms with E-state index in [0.717, 1.165) is 18.7 Å². The lowest BCUT2D eigenvalue weighted by molar-refractivity contribution is 0.358. The fourth-order valence-electron chi connectivity index (χ4n) is 2.08. The minimum absolute atomic E-state index is 0.238. The van der Waals surface area contributed by atoms with Gasteiger partial charge in [0.15, 0.2) is 5.82 Å². The van der Waals surface area contributed by atoms with Crippen molar-refractivity contribution in [1.82, 2.24) is 15.5 Å². The zero-order valence-corrected chi connectivity index (χ0v) is 12.7. The van der Waals surface area contributed by atoms with Crippen LogP contribution in [0.25, 0.3) is 0 Å². The number of aromatic nitrogens is 2. The van der Waals surface area contributed by atoms with Crippen LogP contribution < -0.4 is 5.32 Å². The molecular formula is C16H23N3O. The Kier molecular flexibility index (Phi) is 4.55. The predicted octanol–water partition coefficient (Wildman–Crippen LogP) is 2.94. The number of benzene rings is 1. The van der Waals surface area contributed by atoms with Crippen LogP contribution in [0.15, 0.2) is 34.9 Å². The van der Waals surface area contributed by atoms with Gasteiger partial charge in [0.25, 0.3) is 0 Å². The predicted molar refractivity (Wildman–Crippen MR) is 79.7 cm³/mol. The average molecular weight is 273 g/mol. The summed E-state index contributed by atoms with van der Waals surface area (Å²) >= 11 is 0. The molecule has 108 valence electrons. The number of aryl methyl sites for hydroxylation is 1. The third-order valence-electron chi connectivity index (χ3n) is 3.81. The van der Waals surface area contributed by atoms with Crippen LogP contribution in [0.5, 0.6) is 0 Å². The van der Waals surface area contributed by atoms with E-state index in [1.54, 1.807) is 0 Å². The van der Waals surface area contributed by atoms with Crippen molar-refractivity contribution >= 4 is 0 Å². The Morgan fingerprint density at radius 1 is 1.25 bits per heavy atom. The lowest BCUT2D eigenvalue weighted by atomic mass is 9.84. The molecule has 0 aliphatic carbocycles. The van der Waals surface area contributed by atoms with E-state index in [9.17, 15) is 0 Å². The first kappa shape index (κ1) is 14.7. The maximum atomic E-state index is 5.38. The van der Waals surface area contributed by atoms with E-state index in [2.05, 4.69) is 48.4 Å². The van der Waals surface area contributed by atoms with Gasteiger partial charge in [-0.1, -0.05) is 35.5 Å². The third-order valence-corrected chi connectivity index (χ3v) is 3.81. The zero-order chi connectivity index (χ0) is 14.6. The molecule has 2 rings (SSSR count). The van der Waals surface area contributed by atoms with Crippen LogP contribution in [0.1, 0.15) is 44.5 Å². The van der Waals surface area contributed by atoms with Crippen LogP contribution in [0.3, 0.4) is 0 Å². The molecule has 0 saturated carbocycles. The second-order valence-corrected chi connectivity index (χ2v) is 5.73. The van der Waals surface area contributed by atoms with Gasteiger partial charge in [0.1, 0.15) is 0 Å². The average Bonchev–Trinajstić information content (AvgIpc) is 2.95. The summed E-state index contributed by atoms with van der Waals surface area (Å²) in [6.45, 7) is 6.38. The first-order valence-electron chi connectivity index (χ1n) is 7.10. The molecule has 0 spiro atoms.